The van der Waals surface area contributed by atoms with Crippen LogP contribution in [0.15, 0.2) is 0 Å². The van der Waals surface area contributed by atoms with Crippen LogP contribution < -0.4 is 0 Å². The largest absolute Gasteiger partial charge is 0.367 e. The number of hydrogen-bond acceptors (Lipinski definition) is 3. The predicted octanol–water partition coefficient (Wildman–Crippen LogP) is 2.47. The fourth-order valence-corrected chi connectivity index (χ4v) is 2.37. The number of ketones is 1. The maximum absolute atomic E-state index is 10.9. The van der Waals surface area contributed by atoms with Gasteiger partial charge >= 0.3 is 0 Å². The standard InChI is InChI=1S/C13H22O3/c1-9(14)5-6-11-13(4,16-11)8-7-10-12(2,3)15-10/h10-11H,5-8H2,1-4H3/t10-,11-,13-/m0/s1. The van der Waals surface area contributed by atoms with E-state index < -0.39 is 0 Å². The Morgan fingerprint density at radius 3 is 2.25 bits per heavy atom. The predicted molar refractivity (Wildman–Crippen MR) is 61.4 cm³/mol. The van der Waals surface area contributed by atoms with Gasteiger partial charge in [-0.1, -0.05) is 0 Å². The van der Waals surface area contributed by atoms with Crippen LogP contribution in [0.3, 0.4) is 0 Å². The van der Waals surface area contributed by atoms with Gasteiger partial charge in [0.2, 0.25) is 0 Å². The second-order valence-electron chi connectivity index (χ2n) is 5.91. The highest BCUT2D eigenvalue weighted by atomic mass is 16.6. The van der Waals surface area contributed by atoms with E-state index in [2.05, 4.69) is 20.8 Å². The molecule has 0 spiro atoms. The Morgan fingerprint density at radius 1 is 1.12 bits per heavy atom. The Morgan fingerprint density at radius 2 is 1.75 bits per heavy atom. The Labute approximate surface area is 97.5 Å². The number of carbonyl (C=O) groups excluding carboxylic acids is 1. The molecule has 2 heterocycles. The molecule has 0 aromatic heterocycles. The maximum Gasteiger partial charge on any atom is 0.129 e. The minimum absolute atomic E-state index is 0.0114. The number of carbonyl (C=O) groups is 1. The summed E-state index contributed by atoms with van der Waals surface area (Å²) in [6.45, 7) is 8.04. The van der Waals surface area contributed by atoms with Crippen molar-refractivity contribution in [1.82, 2.24) is 0 Å². The topological polar surface area (TPSA) is 42.1 Å². The van der Waals surface area contributed by atoms with Crippen molar-refractivity contribution in [3.8, 4) is 0 Å². The van der Waals surface area contributed by atoms with E-state index in [9.17, 15) is 4.79 Å². The first-order chi connectivity index (χ1) is 7.33. The molecule has 0 N–H and O–H groups in total. The van der Waals surface area contributed by atoms with Gasteiger partial charge in [-0.15, -0.1) is 0 Å². The van der Waals surface area contributed by atoms with Gasteiger partial charge in [-0.3, -0.25) is 0 Å². The zero-order valence-electron chi connectivity index (χ0n) is 10.7. The monoisotopic (exact) mass is 226 g/mol. The molecule has 0 aliphatic carbocycles. The summed E-state index contributed by atoms with van der Waals surface area (Å²) in [6, 6.07) is 0. The van der Waals surface area contributed by atoms with Crippen molar-refractivity contribution >= 4 is 5.78 Å². The van der Waals surface area contributed by atoms with Gasteiger partial charge in [0.15, 0.2) is 0 Å². The number of rotatable bonds is 6. The molecular formula is C13H22O3. The Hall–Kier alpha value is -0.410. The third-order valence-corrected chi connectivity index (χ3v) is 3.86. The van der Waals surface area contributed by atoms with E-state index in [0.717, 1.165) is 19.3 Å². The molecule has 16 heavy (non-hydrogen) atoms. The minimum Gasteiger partial charge on any atom is -0.367 e. The minimum atomic E-state index is 0.0114. The average molecular weight is 226 g/mol. The number of epoxide rings is 2. The van der Waals surface area contributed by atoms with Crippen LogP contribution >= 0.6 is 0 Å². The van der Waals surface area contributed by atoms with Crippen LogP contribution in [-0.2, 0) is 14.3 Å². The summed E-state index contributed by atoms with van der Waals surface area (Å²) in [5.74, 6) is 0.254. The average Bonchev–Trinajstić information content (AvgIpc) is 2.98. The summed E-state index contributed by atoms with van der Waals surface area (Å²) in [7, 11) is 0. The Kier molecular flexibility index (Phi) is 2.87. The van der Waals surface area contributed by atoms with Gasteiger partial charge in [0.1, 0.15) is 5.78 Å². The van der Waals surface area contributed by atoms with Crippen molar-refractivity contribution in [2.75, 3.05) is 0 Å². The summed E-state index contributed by atoms with van der Waals surface area (Å²) in [5, 5.41) is 0. The number of Topliss-reactive ketones (excluding diaryl/α,β-unsaturated/α-hetero) is 1. The van der Waals surface area contributed by atoms with Crippen LogP contribution in [0.2, 0.25) is 0 Å². The van der Waals surface area contributed by atoms with Crippen molar-refractivity contribution in [3.63, 3.8) is 0 Å². The first-order valence-corrected chi connectivity index (χ1v) is 6.18. The first kappa shape index (κ1) is 12.1. The molecule has 92 valence electrons. The fraction of sp³-hybridized carbons (Fsp3) is 0.923. The van der Waals surface area contributed by atoms with Gasteiger partial charge in [-0.2, -0.15) is 0 Å². The first-order valence-electron chi connectivity index (χ1n) is 6.18. The van der Waals surface area contributed by atoms with Crippen LogP contribution in [-0.4, -0.2) is 29.2 Å². The molecule has 0 saturated carbocycles. The summed E-state index contributed by atoms with van der Waals surface area (Å²) in [5.41, 5.74) is 0.0949. The van der Waals surface area contributed by atoms with Gasteiger partial charge in [-0.25, -0.2) is 0 Å². The molecule has 0 aromatic rings. The normalized spacial score (nSPS) is 39.5. The molecule has 3 heteroatoms. The quantitative estimate of drug-likeness (QED) is 0.653. The van der Waals surface area contributed by atoms with E-state index in [0.29, 0.717) is 18.6 Å². The molecule has 3 nitrogen and oxygen atoms in total. The summed E-state index contributed by atoms with van der Waals surface area (Å²) in [6.07, 6.45) is 4.33. The zero-order chi connectivity index (χ0) is 12.0. The molecule has 2 aliphatic heterocycles. The smallest absolute Gasteiger partial charge is 0.129 e. The molecule has 0 radical (unpaired) electrons. The molecule has 2 aliphatic rings. The van der Waals surface area contributed by atoms with Gasteiger partial charge in [0.05, 0.1) is 23.4 Å². The summed E-state index contributed by atoms with van der Waals surface area (Å²) in [4.78, 5) is 10.9. The lowest BCUT2D eigenvalue weighted by Crippen LogP contribution is -2.13. The molecule has 0 aromatic carbocycles. The summed E-state index contributed by atoms with van der Waals surface area (Å²) < 4.78 is 11.2. The van der Waals surface area contributed by atoms with E-state index in [1.807, 2.05) is 0 Å². The molecule has 0 unspecified atom stereocenters. The maximum atomic E-state index is 10.9. The van der Waals surface area contributed by atoms with Crippen LogP contribution in [0, 0.1) is 0 Å². The van der Waals surface area contributed by atoms with Crippen molar-refractivity contribution in [1.29, 1.82) is 0 Å². The Bertz CT molecular complexity index is 298. The van der Waals surface area contributed by atoms with E-state index >= 15 is 0 Å². The van der Waals surface area contributed by atoms with Crippen LogP contribution in [0.25, 0.3) is 0 Å². The Balaban J connectivity index is 1.65. The van der Waals surface area contributed by atoms with E-state index in [1.165, 1.54) is 0 Å². The van der Waals surface area contributed by atoms with Crippen LogP contribution in [0.1, 0.15) is 53.4 Å². The van der Waals surface area contributed by atoms with Crippen molar-refractivity contribution in [2.24, 2.45) is 0 Å². The lowest BCUT2D eigenvalue weighted by molar-refractivity contribution is -0.117. The number of hydrogen-bond donors (Lipinski definition) is 0. The molecule has 0 bridgehead atoms. The third kappa shape index (κ3) is 2.64. The van der Waals surface area contributed by atoms with E-state index in [-0.39, 0.29) is 17.0 Å². The lowest BCUT2D eigenvalue weighted by Gasteiger charge is -2.04. The highest BCUT2D eigenvalue weighted by molar-refractivity contribution is 5.75. The molecular weight excluding hydrogens is 204 g/mol. The van der Waals surface area contributed by atoms with Gasteiger partial charge < -0.3 is 14.3 Å². The highest BCUT2D eigenvalue weighted by Gasteiger charge is 2.54. The van der Waals surface area contributed by atoms with Gasteiger partial charge in [0, 0.05) is 6.42 Å². The van der Waals surface area contributed by atoms with E-state index in [1.54, 1.807) is 6.92 Å². The molecule has 2 saturated heterocycles. The summed E-state index contributed by atoms with van der Waals surface area (Å²) >= 11 is 0. The highest BCUT2D eigenvalue weighted by Crippen LogP contribution is 2.46. The van der Waals surface area contributed by atoms with Crippen LogP contribution in [0.5, 0.6) is 0 Å². The lowest BCUT2D eigenvalue weighted by atomic mass is 9.95. The molecule has 2 rings (SSSR count). The van der Waals surface area contributed by atoms with Crippen LogP contribution in [0.4, 0.5) is 0 Å². The van der Waals surface area contributed by atoms with Crippen molar-refractivity contribution < 1.29 is 14.3 Å². The molecule has 2 fully saturated rings. The fourth-order valence-electron chi connectivity index (χ4n) is 2.37. The van der Waals surface area contributed by atoms with E-state index in [4.69, 9.17) is 9.47 Å². The van der Waals surface area contributed by atoms with Gasteiger partial charge in [-0.05, 0) is 47.0 Å². The third-order valence-electron chi connectivity index (χ3n) is 3.86. The number of ether oxygens (including phenoxy) is 2. The van der Waals surface area contributed by atoms with Crippen molar-refractivity contribution in [3.05, 3.63) is 0 Å². The molecule has 3 atom stereocenters. The van der Waals surface area contributed by atoms with Gasteiger partial charge in [0.25, 0.3) is 0 Å². The SMILES string of the molecule is CC(=O)CC[C@@H]1O[C@@]1(C)CC[C@@H]1OC1(C)C. The van der Waals surface area contributed by atoms with Crippen molar-refractivity contribution in [2.45, 2.75) is 76.8 Å². The second kappa shape index (κ2) is 3.81. The second-order valence-corrected chi connectivity index (χ2v) is 5.91. The zero-order valence-corrected chi connectivity index (χ0v) is 10.7. The molecule has 0 amide bonds.